The van der Waals surface area contributed by atoms with Gasteiger partial charge in [0.2, 0.25) is 0 Å². The third kappa shape index (κ3) is 5.00. The van der Waals surface area contributed by atoms with E-state index in [9.17, 15) is 17.6 Å². The van der Waals surface area contributed by atoms with Crippen LogP contribution in [0.1, 0.15) is 61.4 Å². The Morgan fingerprint density at radius 2 is 1.84 bits per heavy atom. The maximum atomic E-state index is 14.4. The van der Waals surface area contributed by atoms with Crippen LogP contribution in [0.4, 0.5) is 17.6 Å². The quantitative estimate of drug-likeness (QED) is 0.473. The average molecular weight is 433 g/mol. The second-order valence-electron chi connectivity index (χ2n) is 8.59. The number of aromatic nitrogens is 1. The topological polar surface area (TPSA) is 16.1 Å². The molecule has 1 unspecified atom stereocenters. The van der Waals surface area contributed by atoms with Crippen molar-refractivity contribution in [3.05, 3.63) is 82.1 Å². The highest BCUT2D eigenvalue weighted by molar-refractivity contribution is 5.73. The van der Waals surface area contributed by atoms with Crippen LogP contribution in [-0.4, -0.2) is 29.7 Å². The fourth-order valence-electron chi connectivity index (χ4n) is 4.13. The molecule has 0 radical (unpaired) electrons. The van der Waals surface area contributed by atoms with Crippen LogP contribution in [0.15, 0.2) is 53.9 Å². The van der Waals surface area contributed by atoms with Crippen LogP contribution in [0.5, 0.6) is 0 Å². The van der Waals surface area contributed by atoms with E-state index in [-0.39, 0.29) is 29.8 Å². The van der Waals surface area contributed by atoms with E-state index in [0.29, 0.717) is 23.4 Å². The highest BCUT2D eigenvalue weighted by atomic mass is 19.4. The number of hydrogen-bond acceptors (Lipinski definition) is 2. The van der Waals surface area contributed by atoms with Crippen LogP contribution in [0.25, 0.3) is 5.57 Å². The molecule has 0 spiro atoms. The molecule has 3 rings (SSSR count). The third-order valence-corrected chi connectivity index (χ3v) is 5.87. The molecule has 2 nitrogen and oxygen atoms in total. The summed E-state index contributed by atoms with van der Waals surface area (Å²) >= 11 is 0. The van der Waals surface area contributed by atoms with Gasteiger partial charge in [0.25, 0.3) is 0 Å². The molecular weight excluding hydrogens is 404 g/mol. The largest absolute Gasteiger partial charge is 0.416 e. The fraction of sp³-hybridized carbons (Fsp3) is 0.400. The summed E-state index contributed by atoms with van der Waals surface area (Å²) in [6.45, 7) is 7.75. The van der Waals surface area contributed by atoms with Gasteiger partial charge in [0, 0.05) is 31.1 Å². The first-order valence-corrected chi connectivity index (χ1v) is 10.4. The number of nitrogens with zero attached hydrogens (tertiary/aromatic N) is 2. The molecule has 1 aliphatic heterocycles. The van der Waals surface area contributed by atoms with Gasteiger partial charge in [0.1, 0.15) is 5.82 Å². The van der Waals surface area contributed by atoms with E-state index < -0.39 is 11.7 Å². The number of aryl methyl sites for hydroxylation is 1. The Kier molecular flexibility index (Phi) is 6.58. The van der Waals surface area contributed by atoms with Crippen molar-refractivity contribution in [3.8, 4) is 0 Å². The molecule has 1 atom stereocenters. The van der Waals surface area contributed by atoms with Gasteiger partial charge in [-0.05, 0) is 66.1 Å². The summed E-state index contributed by atoms with van der Waals surface area (Å²) in [6.07, 6.45) is -1.43. The van der Waals surface area contributed by atoms with E-state index in [2.05, 4.69) is 4.98 Å². The standard InChI is InChI=1S/C25H28F4N2/c1-15(2)18-9-10-30-23(12-18)20-14-31(5)19(13-21(20)25(27,28)29)11-17(4)24-16(3)7-6-8-22(24)26/h6-10,12-13,15,17H,11,14H2,1-5H3. The average Bonchev–Trinajstić information content (AvgIpc) is 2.68. The molecule has 1 aromatic carbocycles. The zero-order valence-electron chi connectivity index (χ0n) is 18.5. The predicted molar refractivity (Wildman–Crippen MR) is 116 cm³/mol. The van der Waals surface area contributed by atoms with E-state index in [1.165, 1.54) is 12.1 Å². The molecule has 31 heavy (non-hydrogen) atoms. The number of hydrogen-bond donors (Lipinski definition) is 0. The summed E-state index contributed by atoms with van der Waals surface area (Å²) in [5.41, 5.74) is 2.66. The van der Waals surface area contributed by atoms with Gasteiger partial charge < -0.3 is 4.90 Å². The van der Waals surface area contributed by atoms with Gasteiger partial charge in [-0.25, -0.2) is 4.39 Å². The molecule has 0 amide bonds. The van der Waals surface area contributed by atoms with Gasteiger partial charge in [0.05, 0.1) is 11.3 Å². The minimum absolute atomic E-state index is 0.0954. The van der Waals surface area contributed by atoms with Crippen LogP contribution in [0.3, 0.4) is 0 Å². The lowest BCUT2D eigenvalue weighted by Crippen LogP contribution is -2.29. The lowest BCUT2D eigenvalue weighted by molar-refractivity contribution is -0.0883. The highest BCUT2D eigenvalue weighted by Crippen LogP contribution is 2.40. The maximum absolute atomic E-state index is 14.4. The van der Waals surface area contributed by atoms with Crippen molar-refractivity contribution in [2.75, 3.05) is 13.6 Å². The SMILES string of the molecule is Cc1cccc(F)c1C(C)CC1=CC(C(F)(F)F)=C(c2cc(C(C)C)ccn2)CN1C. The summed E-state index contributed by atoms with van der Waals surface area (Å²) in [4.78, 5) is 6.04. The van der Waals surface area contributed by atoms with Crippen LogP contribution in [0, 0.1) is 12.7 Å². The lowest BCUT2D eigenvalue weighted by Gasteiger charge is -2.32. The number of rotatable bonds is 5. The van der Waals surface area contributed by atoms with Gasteiger partial charge in [-0.2, -0.15) is 13.2 Å². The van der Waals surface area contributed by atoms with Crippen LogP contribution < -0.4 is 0 Å². The fourth-order valence-corrected chi connectivity index (χ4v) is 4.13. The number of alkyl halides is 3. The number of likely N-dealkylation sites (N-methyl/N-ethyl adjacent to an activating group) is 1. The van der Waals surface area contributed by atoms with Crippen molar-refractivity contribution in [1.82, 2.24) is 9.88 Å². The van der Waals surface area contributed by atoms with E-state index in [1.54, 1.807) is 30.3 Å². The van der Waals surface area contributed by atoms with Gasteiger partial charge in [-0.1, -0.05) is 32.9 Å². The number of allylic oxidation sites excluding steroid dienone is 3. The van der Waals surface area contributed by atoms with Gasteiger partial charge >= 0.3 is 6.18 Å². The molecule has 1 aromatic heterocycles. The summed E-state index contributed by atoms with van der Waals surface area (Å²) in [7, 11) is 1.77. The predicted octanol–water partition coefficient (Wildman–Crippen LogP) is 6.99. The van der Waals surface area contributed by atoms with Crippen molar-refractivity contribution >= 4 is 5.57 Å². The second-order valence-corrected chi connectivity index (χ2v) is 8.59. The normalized spacial score (nSPS) is 16.1. The first-order chi connectivity index (χ1) is 14.5. The number of pyridine rings is 1. The first-order valence-electron chi connectivity index (χ1n) is 10.4. The van der Waals surface area contributed by atoms with Crippen LogP contribution in [0.2, 0.25) is 0 Å². The van der Waals surface area contributed by atoms with E-state index in [4.69, 9.17) is 0 Å². The summed E-state index contributed by atoms with van der Waals surface area (Å²) in [6, 6.07) is 8.42. The van der Waals surface area contributed by atoms with Gasteiger partial charge in [-0.15, -0.1) is 0 Å². The Balaban J connectivity index is 2.03. The molecule has 166 valence electrons. The number of benzene rings is 1. The van der Waals surface area contributed by atoms with Gasteiger partial charge in [0.15, 0.2) is 0 Å². The Bertz CT molecular complexity index is 998. The molecule has 1 aliphatic rings. The number of halogens is 4. The van der Waals surface area contributed by atoms with E-state index in [1.807, 2.05) is 39.8 Å². The summed E-state index contributed by atoms with van der Waals surface area (Å²) in [5.74, 6) is -0.393. The molecular formula is C25H28F4N2. The molecule has 0 saturated heterocycles. The van der Waals surface area contributed by atoms with Crippen molar-refractivity contribution < 1.29 is 17.6 Å². The summed E-state index contributed by atoms with van der Waals surface area (Å²) in [5, 5.41) is 0. The smallest absolute Gasteiger partial charge is 0.373 e. The van der Waals surface area contributed by atoms with E-state index in [0.717, 1.165) is 11.1 Å². The molecule has 2 aromatic rings. The van der Waals surface area contributed by atoms with Crippen LogP contribution >= 0.6 is 0 Å². The zero-order chi connectivity index (χ0) is 22.9. The van der Waals surface area contributed by atoms with Crippen molar-refractivity contribution in [1.29, 1.82) is 0 Å². The summed E-state index contributed by atoms with van der Waals surface area (Å²) < 4.78 is 56.4. The Hall–Kier alpha value is -2.63. The molecule has 2 heterocycles. The van der Waals surface area contributed by atoms with Crippen molar-refractivity contribution in [3.63, 3.8) is 0 Å². The Labute approximate surface area is 181 Å². The molecule has 0 fully saturated rings. The maximum Gasteiger partial charge on any atom is 0.416 e. The van der Waals surface area contributed by atoms with Crippen LogP contribution in [-0.2, 0) is 0 Å². The van der Waals surface area contributed by atoms with E-state index >= 15 is 0 Å². The Morgan fingerprint density at radius 1 is 1.13 bits per heavy atom. The second kappa shape index (κ2) is 8.85. The van der Waals surface area contributed by atoms with Crippen molar-refractivity contribution in [2.45, 2.75) is 52.1 Å². The minimum Gasteiger partial charge on any atom is -0.373 e. The Morgan fingerprint density at radius 3 is 2.45 bits per heavy atom. The molecule has 0 aliphatic carbocycles. The molecule has 0 saturated carbocycles. The molecule has 0 N–H and O–H groups in total. The minimum atomic E-state index is -4.51. The first kappa shape index (κ1) is 23.0. The van der Waals surface area contributed by atoms with Crippen molar-refractivity contribution in [2.24, 2.45) is 0 Å². The monoisotopic (exact) mass is 432 g/mol. The van der Waals surface area contributed by atoms with Gasteiger partial charge in [-0.3, -0.25) is 4.98 Å². The lowest BCUT2D eigenvalue weighted by atomic mass is 9.89. The third-order valence-electron chi connectivity index (χ3n) is 5.87. The zero-order valence-corrected chi connectivity index (χ0v) is 18.5. The highest BCUT2D eigenvalue weighted by Gasteiger charge is 2.38. The molecule has 6 heteroatoms. The molecule has 0 bridgehead atoms.